The average molecular weight is 480 g/mol. The van der Waals surface area contributed by atoms with Gasteiger partial charge in [0.1, 0.15) is 5.75 Å². The molecule has 0 aliphatic carbocycles. The van der Waals surface area contributed by atoms with E-state index >= 15 is 0 Å². The molecule has 1 aliphatic heterocycles. The maximum Gasteiger partial charge on any atom is 0.303 e. The zero-order valence-corrected chi connectivity index (χ0v) is 19.2. The fourth-order valence-corrected chi connectivity index (χ4v) is 4.61. The summed E-state index contributed by atoms with van der Waals surface area (Å²) in [6, 6.07) is 10.6. The number of benzene rings is 1. The van der Waals surface area contributed by atoms with Crippen molar-refractivity contribution in [2.24, 2.45) is 0 Å². The Labute approximate surface area is 194 Å². The summed E-state index contributed by atoms with van der Waals surface area (Å²) in [4.78, 5) is 39.3. The van der Waals surface area contributed by atoms with Crippen LogP contribution in [-0.2, 0) is 28.6 Å². The molecule has 1 aromatic carbocycles. The van der Waals surface area contributed by atoms with Crippen molar-refractivity contribution in [2.45, 2.75) is 44.5 Å². The summed E-state index contributed by atoms with van der Waals surface area (Å²) >= 11 is 7.35. The van der Waals surface area contributed by atoms with Gasteiger partial charge in [0.2, 0.25) is 0 Å². The molecular formula is C22H22ClNO7S. The number of nitrogens with zero attached hydrogens (tertiary/aromatic N) is 1. The first kappa shape index (κ1) is 23.9. The molecule has 2 heterocycles. The van der Waals surface area contributed by atoms with Gasteiger partial charge in [-0.3, -0.25) is 19.4 Å². The third kappa shape index (κ3) is 6.37. The number of thioether (sulfide) groups is 1. The van der Waals surface area contributed by atoms with Gasteiger partial charge in [0, 0.05) is 43.3 Å². The zero-order valence-electron chi connectivity index (χ0n) is 17.6. The van der Waals surface area contributed by atoms with E-state index in [1.54, 1.807) is 36.5 Å². The normalized spacial score (nSPS) is 22.5. The SMILES string of the molecule is CC(=O)O[C@@H]1[C@@H](OC(C)=O)[C@@H](Oc2cccc(-c3cc(Cl)ccn3)c2)SC[C@H]1OC(C)=O. The zero-order chi connectivity index (χ0) is 23.3. The van der Waals surface area contributed by atoms with E-state index in [0.717, 1.165) is 5.56 Å². The van der Waals surface area contributed by atoms with Crippen LogP contribution < -0.4 is 4.74 Å². The number of carbonyl (C=O) groups is 3. The average Bonchev–Trinajstić information content (AvgIpc) is 2.71. The Morgan fingerprint density at radius 3 is 2.31 bits per heavy atom. The maximum absolute atomic E-state index is 11.8. The lowest BCUT2D eigenvalue weighted by atomic mass is 10.1. The van der Waals surface area contributed by atoms with Crippen LogP contribution in [0.2, 0.25) is 5.02 Å². The van der Waals surface area contributed by atoms with Gasteiger partial charge >= 0.3 is 17.9 Å². The van der Waals surface area contributed by atoms with E-state index in [1.807, 2.05) is 6.07 Å². The first-order valence-electron chi connectivity index (χ1n) is 9.75. The highest BCUT2D eigenvalue weighted by Crippen LogP contribution is 2.35. The number of aromatic nitrogens is 1. The molecule has 32 heavy (non-hydrogen) atoms. The van der Waals surface area contributed by atoms with Gasteiger partial charge in [-0.1, -0.05) is 23.7 Å². The van der Waals surface area contributed by atoms with Crippen molar-refractivity contribution in [3.8, 4) is 17.0 Å². The first-order chi connectivity index (χ1) is 15.2. The molecule has 0 saturated carbocycles. The minimum absolute atomic E-state index is 0.287. The van der Waals surface area contributed by atoms with Crippen molar-refractivity contribution >= 4 is 41.3 Å². The third-order valence-corrected chi connectivity index (χ3v) is 5.86. The third-order valence-electron chi connectivity index (χ3n) is 4.41. The first-order valence-corrected chi connectivity index (χ1v) is 11.2. The topological polar surface area (TPSA) is 101 Å². The van der Waals surface area contributed by atoms with Crippen LogP contribution in [0.5, 0.6) is 5.75 Å². The molecule has 0 spiro atoms. The van der Waals surface area contributed by atoms with E-state index < -0.39 is 41.7 Å². The van der Waals surface area contributed by atoms with Crippen molar-refractivity contribution in [3.05, 3.63) is 47.6 Å². The van der Waals surface area contributed by atoms with Crippen LogP contribution in [0.15, 0.2) is 42.6 Å². The van der Waals surface area contributed by atoms with E-state index in [1.165, 1.54) is 32.5 Å². The maximum atomic E-state index is 11.8. The number of esters is 3. The largest absolute Gasteiger partial charge is 0.476 e. The number of halogens is 1. The fraction of sp³-hybridized carbons (Fsp3) is 0.364. The summed E-state index contributed by atoms with van der Waals surface area (Å²) < 4.78 is 22.2. The van der Waals surface area contributed by atoms with Gasteiger partial charge in [-0.25, -0.2) is 0 Å². The highest BCUT2D eigenvalue weighted by atomic mass is 35.5. The van der Waals surface area contributed by atoms with Crippen molar-refractivity contribution < 1.29 is 33.3 Å². The summed E-state index contributed by atoms with van der Waals surface area (Å²) in [6.45, 7) is 3.73. The highest BCUT2D eigenvalue weighted by molar-refractivity contribution is 7.99. The predicted octanol–water partition coefficient (Wildman–Crippen LogP) is 3.65. The minimum Gasteiger partial charge on any atom is -0.476 e. The lowest BCUT2D eigenvalue weighted by Gasteiger charge is -2.39. The second-order valence-electron chi connectivity index (χ2n) is 7.00. The van der Waals surface area contributed by atoms with Crippen LogP contribution >= 0.6 is 23.4 Å². The van der Waals surface area contributed by atoms with Crippen molar-refractivity contribution in [2.75, 3.05) is 5.75 Å². The molecule has 0 bridgehead atoms. The summed E-state index contributed by atoms with van der Waals surface area (Å²) in [5.41, 5.74) is 0.741. The van der Waals surface area contributed by atoms with Crippen molar-refractivity contribution in [1.29, 1.82) is 0 Å². The van der Waals surface area contributed by atoms with Gasteiger partial charge in [0.15, 0.2) is 23.7 Å². The van der Waals surface area contributed by atoms with Crippen LogP contribution in [-0.4, -0.2) is 52.4 Å². The molecule has 1 aromatic heterocycles. The number of hydrogen-bond acceptors (Lipinski definition) is 9. The van der Waals surface area contributed by atoms with Gasteiger partial charge in [-0.05, 0) is 24.3 Å². The Morgan fingerprint density at radius 1 is 0.969 bits per heavy atom. The van der Waals surface area contributed by atoms with Crippen LogP contribution in [0.25, 0.3) is 11.3 Å². The molecule has 3 rings (SSSR count). The van der Waals surface area contributed by atoms with Gasteiger partial charge in [0.25, 0.3) is 0 Å². The molecule has 0 radical (unpaired) electrons. The second-order valence-corrected chi connectivity index (χ2v) is 8.57. The van der Waals surface area contributed by atoms with Crippen LogP contribution in [0.1, 0.15) is 20.8 Å². The van der Waals surface area contributed by atoms with E-state index in [-0.39, 0.29) is 5.75 Å². The van der Waals surface area contributed by atoms with E-state index in [9.17, 15) is 14.4 Å². The van der Waals surface area contributed by atoms with Crippen LogP contribution in [0.4, 0.5) is 0 Å². The second kappa shape index (κ2) is 10.7. The standard InChI is InChI=1S/C22H22ClNO7S/c1-12(25)28-19-11-32-22(21(30-14(3)27)20(19)29-13(2)26)31-17-6-4-5-15(9-17)18-10-16(23)7-8-24-18/h4-10,19-22H,11H2,1-3H3/t19-,20+,21-,22+/m1/s1. The molecule has 1 fully saturated rings. The molecule has 1 aliphatic rings. The predicted molar refractivity (Wildman–Crippen MR) is 118 cm³/mol. The molecule has 1 saturated heterocycles. The monoisotopic (exact) mass is 479 g/mol. The van der Waals surface area contributed by atoms with Gasteiger partial charge in [-0.15, -0.1) is 11.8 Å². The van der Waals surface area contributed by atoms with Gasteiger partial charge in [0.05, 0.1) is 5.69 Å². The lowest BCUT2D eigenvalue weighted by Crippen LogP contribution is -2.55. The molecule has 8 nitrogen and oxygen atoms in total. The van der Waals surface area contributed by atoms with E-state index in [0.29, 0.717) is 16.5 Å². The lowest BCUT2D eigenvalue weighted by molar-refractivity contribution is -0.186. The quantitative estimate of drug-likeness (QED) is 0.453. The molecule has 2 aromatic rings. The number of rotatable bonds is 6. The number of hydrogen-bond donors (Lipinski definition) is 0. The number of ether oxygens (including phenoxy) is 4. The Bertz CT molecular complexity index is 1000. The molecule has 0 N–H and O–H groups in total. The molecule has 0 amide bonds. The summed E-state index contributed by atoms with van der Waals surface area (Å²) in [6.07, 6.45) is -1.18. The molecule has 10 heteroatoms. The summed E-state index contributed by atoms with van der Waals surface area (Å²) in [5.74, 6) is -0.928. The van der Waals surface area contributed by atoms with Crippen LogP contribution in [0, 0.1) is 0 Å². The fourth-order valence-electron chi connectivity index (χ4n) is 3.24. The smallest absolute Gasteiger partial charge is 0.303 e. The van der Waals surface area contributed by atoms with Crippen molar-refractivity contribution in [3.63, 3.8) is 0 Å². The Balaban J connectivity index is 1.87. The Morgan fingerprint density at radius 2 is 1.66 bits per heavy atom. The summed E-state index contributed by atoms with van der Waals surface area (Å²) in [7, 11) is 0. The highest BCUT2D eigenvalue weighted by Gasteiger charge is 2.47. The number of pyridine rings is 1. The molecular weight excluding hydrogens is 458 g/mol. The molecule has 0 unspecified atom stereocenters. The van der Waals surface area contributed by atoms with Gasteiger partial charge in [-0.2, -0.15) is 0 Å². The Kier molecular flexibility index (Phi) is 7.98. The molecule has 4 atom stereocenters. The van der Waals surface area contributed by atoms with Gasteiger partial charge < -0.3 is 18.9 Å². The number of carbonyl (C=O) groups excluding carboxylic acids is 3. The van der Waals surface area contributed by atoms with Crippen molar-refractivity contribution in [1.82, 2.24) is 4.98 Å². The van der Waals surface area contributed by atoms with E-state index in [2.05, 4.69) is 4.98 Å². The minimum atomic E-state index is -1.01. The molecule has 170 valence electrons. The van der Waals surface area contributed by atoms with Crippen LogP contribution in [0.3, 0.4) is 0 Å². The van der Waals surface area contributed by atoms with E-state index in [4.69, 9.17) is 30.5 Å². The summed E-state index contributed by atoms with van der Waals surface area (Å²) in [5, 5.41) is 0.555. The Hall–Kier alpha value is -2.78.